The smallest absolute Gasteiger partial charge is 0.103 e. The van der Waals surface area contributed by atoms with Crippen LogP contribution in [0.1, 0.15) is 6.42 Å². The van der Waals surface area contributed by atoms with Gasteiger partial charge in [0.1, 0.15) is 5.84 Å². The maximum absolute atomic E-state index is 7.18. The standard InChI is InChI=1S/C5H12N4.BrH/c1-9(2)5(8)3-4(6)7;/h8H,3H2,1-2H3,(H3,6,7);1H. The molecular weight excluding hydrogens is 196 g/mol. The Morgan fingerprint density at radius 2 is 1.80 bits per heavy atom. The normalized spacial score (nSPS) is 7.80. The molecule has 0 aliphatic carbocycles. The van der Waals surface area contributed by atoms with Crippen LogP contribution < -0.4 is 5.73 Å². The summed E-state index contributed by atoms with van der Waals surface area (Å²) in [7, 11) is 3.51. The van der Waals surface area contributed by atoms with Crippen LogP contribution in [-0.4, -0.2) is 30.7 Å². The van der Waals surface area contributed by atoms with Gasteiger partial charge in [-0.1, -0.05) is 0 Å². The summed E-state index contributed by atoms with van der Waals surface area (Å²) < 4.78 is 0. The predicted octanol–water partition coefficient (Wildman–Crippen LogP) is 0.429. The first-order chi connectivity index (χ1) is 4.04. The zero-order chi connectivity index (χ0) is 7.44. The van der Waals surface area contributed by atoms with Crippen molar-refractivity contribution in [1.82, 2.24) is 4.90 Å². The fourth-order valence-corrected chi connectivity index (χ4v) is 0.339. The number of halogens is 1. The van der Waals surface area contributed by atoms with Crippen molar-refractivity contribution in [3.8, 4) is 0 Å². The van der Waals surface area contributed by atoms with Crippen LogP contribution in [-0.2, 0) is 0 Å². The van der Waals surface area contributed by atoms with E-state index in [1.54, 1.807) is 19.0 Å². The number of rotatable bonds is 2. The van der Waals surface area contributed by atoms with E-state index >= 15 is 0 Å². The lowest BCUT2D eigenvalue weighted by Crippen LogP contribution is -2.26. The van der Waals surface area contributed by atoms with Crippen molar-refractivity contribution in [2.75, 3.05) is 14.1 Å². The van der Waals surface area contributed by atoms with Crippen LogP contribution in [0, 0.1) is 10.8 Å². The molecule has 0 spiro atoms. The van der Waals surface area contributed by atoms with Crippen LogP contribution in [0.5, 0.6) is 0 Å². The second kappa shape index (κ2) is 5.22. The van der Waals surface area contributed by atoms with Gasteiger partial charge in [0.25, 0.3) is 0 Å². The van der Waals surface area contributed by atoms with Crippen LogP contribution >= 0.6 is 17.0 Å². The van der Waals surface area contributed by atoms with E-state index in [4.69, 9.17) is 16.6 Å². The Kier molecular flexibility index (Phi) is 6.34. The fourth-order valence-electron chi connectivity index (χ4n) is 0.339. The second-order valence-corrected chi connectivity index (χ2v) is 2.04. The van der Waals surface area contributed by atoms with Crippen molar-refractivity contribution >= 4 is 28.7 Å². The lowest BCUT2D eigenvalue weighted by molar-refractivity contribution is 0.608. The molecule has 0 saturated heterocycles. The average Bonchev–Trinajstić information content (AvgIpc) is 1.63. The molecule has 0 saturated carbocycles. The van der Waals surface area contributed by atoms with Gasteiger partial charge in [0.2, 0.25) is 0 Å². The molecular formula is C5H13BrN4. The Hall–Kier alpha value is -0.580. The molecule has 0 aliphatic heterocycles. The summed E-state index contributed by atoms with van der Waals surface area (Å²) >= 11 is 0. The number of nitrogens with two attached hydrogens (primary N) is 1. The molecule has 4 nitrogen and oxygen atoms in total. The summed E-state index contributed by atoms with van der Waals surface area (Å²) in [5, 5.41) is 14.0. The lowest BCUT2D eigenvalue weighted by Gasteiger charge is -2.11. The lowest BCUT2D eigenvalue weighted by atomic mass is 10.3. The number of amidine groups is 2. The van der Waals surface area contributed by atoms with Gasteiger partial charge in [-0.25, -0.2) is 0 Å². The first kappa shape index (κ1) is 12.1. The predicted molar refractivity (Wildman–Crippen MR) is 48.3 cm³/mol. The minimum absolute atomic E-state index is 0. The monoisotopic (exact) mass is 208 g/mol. The third-order valence-corrected chi connectivity index (χ3v) is 0.898. The second-order valence-electron chi connectivity index (χ2n) is 2.04. The third-order valence-electron chi connectivity index (χ3n) is 0.898. The summed E-state index contributed by atoms with van der Waals surface area (Å²) in [6.07, 6.45) is 0.243. The highest BCUT2D eigenvalue weighted by molar-refractivity contribution is 8.93. The van der Waals surface area contributed by atoms with E-state index in [-0.39, 0.29) is 29.2 Å². The van der Waals surface area contributed by atoms with E-state index in [0.717, 1.165) is 0 Å². The maximum atomic E-state index is 7.18. The van der Waals surface area contributed by atoms with Crippen molar-refractivity contribution < 1.29 is 0 Å². The summed E-state index contributed by atoms with van der Waals surface area (Å²) in [4.78, 5) is 1.63. The Bertz CT molecular complexity index is 132. The molecule has 0 fully saturated rings. The van der Waals surface area contributed by atoms with Crippen LogP contribution in [0.25, 0.3) is 0 Å². The van der Waals surface area contributed by atoms with Gasteiger partial charge in [-0.05, 0) is 0 Å². The molecule has 0 aliphatic rings. The molecule has 60 valence electrons. The molecule has 0 atom stereocenters. The summed E-state index contributed by atoms with van der Waals surface area (Å²) in [5.74, 6) is 0.399. The highest BCUT2D eigenvalue weighted by atomic mass is 79.9. The number of hydrogen-bond acceptors (Lipinski definition) is 2. The first-order valence-electron chi connectivity index (χ1n) is 2.61. The van der Waals surface area contributed by atoms with Crippen LogP contribution in [0.2, 0.25) is 0 Å². The fraction of sp³-hybridized carbons (Fsp3) is 0.600. The molecule has 5 heteroatoms. The van der Waals surface area contributed by atoms with Gasteiger partial charge in [0.05, 0.1) is 12.3 Å². The van der Waals surface area contributed by atoms with E-state index in [9.17, 15) is 0 Å². The summed E-state index contributed by atoms with van der Waals surface area (Å²) in [6.45, 7) is 0. The molecule has 0 unspecified atom stereocenters. The van der Waals surface area contributed by atoms with Gasteiger partial charge >= 0.3 is 0 Å². The van der Waals surface area contributed by atoms with Crippen LogP contribution in [0.4, 0.5) is 0 Å². The van der Waals surface area contributed by atoms with Crippen molar-refractivity contribution in [3.05, 3.63) is 0 Å². The van der Waals surface area contributed by atoms with Crippen molar-refractivity contribution in [1.29, 1.82) is 10.8 Å². The van der Waals surface area contributed by atoms with Crippen molar-refractivity contribution in [3.63, 3.8) is 0 Å². The van der Waals surface area contributed by atoms with Gasteiger partial charge in [0, 0.05) is 14.1 Å². The average molecular weight is 209 g/mol. The van der Waals surface area contributed by atoms with E-state index in [0.29, 0.717) is 5.84 Å². The van der Waals surface area contributed by atoms with E-state index in [1.807, 2.05) is 0 Å². The molecule has 0 rings (SSSR count). The summed E-state index contributed by atoms with van der Waals surface area (Å²) in [6, 6.07) is 0. The van der Waals surface area contributed by atoms with Gasteiger partial charge in [-0.2, -0.15) is 0 Å². The largest absolute Gasteiger partial charge is 0.387 e. The number of nitrogens with zero attached hydrogens (tertiary/aromatic N) is 1. The SMILES string of the molecule is Br.CN(C)C(=N)CC(=N)N. The van der Waals surface area contributed by atoms with Gasteiger partial charge in [-0.3, -0.25) is 10.8 Å². The molecule has 10 heavy (non-hydrogen) atoms. The molecule has 0 aromatic carbocycles. The highest BCUT2D eigenvalue weighted by Crippen LogP contribution is 1.84. The zero-order valence-electron chi connectivity index (χ0n) is 6.14. The molecule has 0 aromatic rings. The third kappa shape index (κ3) is 5.55. The topological polar surface area (TPSA) is 77.0 Å². The van der Waals surface area contributed by atoms with Gasteiger partial charge in [0.15, 0.2) is 0 Å². The Morgan fingerprint density at radius 1 is 1.40 bits per heavy atom. The molecule has 0 heterocycles. The minimum atomic E-state index is 0. The maximum Gasteiger partial charge on any atom is 0.103 e. The highest BCUT2D eigenvalue weighted by Gasteiger charge is 1.98. The molecule has 0 aromatic heterocycles. The van der Waals surface area contributed by atoms with E-state index in [1.165, 1.54) is 0 Å². The summed E-state index contributed by atoms with van der Waals surface area (Å²) in [5.41, 5.74) is 5.05. The minimum Gasteiger partial charge on any atom is -0.387 e. The number of nitrogens with one attached hydrogen (secondary N) is 2. The number of hydrogen-bond donors (Lipinski definition) is 3. The van der Waals surface area contributed by atoms with Gasteiger partial charge in [-0.15, -0.1) is 17.0 Å². The molecule has 0 amide bonds. The van der Waals surface area contributed by atoms with Gasteiger partial charge < -0.3 is 10.6 Å². The van der Waals surface area contributed by atoms with Crippen LogP contribution in [0.3, 0.4) is 0 Å². The molecule has 0 bridgehead atoms. The quantitative estimate of drug-likeness (QED) is 0.455. The Labute approximate surface area is 71.2 Å². The molecule has 4 N–H and O–H groups in total. The van der Waals surface area contributed by atoms with Crippen molar-refractivity contribution in [2.45, 2.75) is 6.42 Å². The van der Waals surface area contributed by atoms with E-state index in [2.05, 4.69) is 0 Å². The Morgan fingerprint density at radius 3 is 1.90 bits per heavy atom. The molecule has 0 radical (unpaired) electrons. The van der Waals surface area contributed by atoms with E-state index < -0.39 is 0 Å². The van der Waals surface area contributed by atoms with Crippen LogP contribution in [0.15, 0.2) is 0 Å². The van der Waals surface area contributed by atoms with Crippen molar-refractivity contribution in [2.24, 2.45) is 5.73 Å². The zero-order valence-corrected chi connectivity index (χ0v) is 7.85. The first-order valence-corrected chi connectivity index (χ1v) is 2.61. The Balaban J connectivity index is 0.